The average molecular weight is 353 g/mol. The molecule has 1 radical (unpaired) electrons. The van der Waals surface area contributed by atoms with Crippen LogP contribution >= 0.6 is 34.8 Å². The Hall–Kier alpha value is -1.28. The van der Waals surface area contributed by atoms with Crippen LogP contribution in [0.25, 0.3) is 10.8 Å². The lowest BCUT2D eigenvalue weighted by molar-refractivity contribution is 0.639. The van der Waals surface area contributed by atoms with Gasteiger partial charge in [-0.1, -0.05) is 95.5 Å². The van der Waals surface area contributed by atoms with Gasteiger partial charge >= 0.3 is 0 Å². The fraction of sp³-hybridized carbons (Fsp3) is 0.0556. The first kappa shape index (κ1) is 15.6. The van der Waals surface area contributed by atoms with Crippen molar-refractivity contribution in [2.45, 2.75) is 3.79 Å². The Labute approximate surface area is 143 Å². The number of hydrogen-bond donors (Lipinski definition) is 0. The summed E-state index contributed by atoms with van der Waals surface area (Å²) >= 11 is 18.6. The number of halogens is 4. The van der Waals surface area contributed by atoms with E-state index in [-0.39, 0.29) is 5.82 Å². The van der Waals surface area contributed by atoms with Gasteiger partial charge in [-0.15, -0.1) is 0 Å². The molecule has 4 heteroatoms. The van der Waals surface area contributed by atoms with Crippen molar-refractivity contribution in [1.29, 1.82) is 0 Å². The average Bonchev–Trinajstić information content (AvgIpc) is 2.50. The highest BCUT2D eigenvalue weighted by Gasteiger charge is 2.37. The van der Waals surface area contributed by atoms with Gasteiger partial charge in [-0.25, -0.2) is 4.39 Å². The first-order chi connectivity index (χ1) is 10.5. The molecule has 0 spiro atoms. The van der Waals surface area contributed by atoms with Crippen LogP contribution in [-0.2, 0) is 0 Å². The standard InChI is InChI=1S/C18H11Cl3F/c19-18(20,21)17(12-6-2-1-3-7-12)15-10-11-16(22)14-9-5-4-8-13(14)15/h1-11H. The molecule has 0 heterocycles. The Bertz CT molecular complexity index is 794. The molecule has 111 valence electrons. The third kappa shape index (κ3) is 2.94. The monoisotopic (exact) mass is 351 g/mol. The molecular weight excluding hydrogens is 342 g/mol. The van der Waals surface area contributed by atoms with Crippen molar-refractivity contribution in [3.63, 3.8) is 0 Å². The molecule has 22 heavy (non-hydrogen) atoms. The molecule has 0 aliphatic carbocycles. The molecule has 0 amide bonds. The molecule has 0 unspecified atom stereocenters. The van der Waals surface area contributed by atoms with Gasteiger partial charge in [0, 0.05) is 5.39 Å². The van der Waals surface area contributed by atoms with Crippen molar-refractivity contribution in [1.82, 2.24) is 0 Å². The second kappa shape index (κ2) is 6.08. The predicted octanol–water partition coefficient (Wildman–Crippen LogP) is 6.32. The van der Waals surface area contributed by atoms with Crippen LogP contribution in [0.5, 0.6) is 0 Å². The molecule has 0 nitrogen and oxygen atoms in total. The van der Waals surface area contributed by atoms with Crippen LogP contribution in [0.15, 0.2) is 66.7 Å². The molecule has 0 atom stereocenters. The van der Waals surface area contributed by atoms with E-state index in [1.165, 1.54) is 6.07 Å². The summed E-state index contributed by atoms with van der Waals surface area (Å²) in [4.78, 5) is 0. The molecule has 0 saturated carbocycles. The Morgan fingerprint density at radius 3 is 1.95 bits per heavy atom. The van der Waals surface area contributed by atoms with Crippen LogP contribution in [0, 0.1) is 11.7 Å². The molecule has 0 N–H and O–H groups in total. The first-order valence-electron chi connectivity index (χ1n) is 6.65. The summed E-state index contributed by atoms with van der Waals surface area (Å²) in [5, 5.41) is 1.22. The van der Waals surface area contributed by atoms with Gasteiger partial charge < -0.3 is 0 Å². The Morgan fingerprint density at radius 2 is 1.32 bits per heavy atom. The van der Waals surface area contributed by atoms with E-state index >= 15 is 0 Å². The van der Waals surface area contributed by atoms with Gasteiger partial charge in [-0.05, 0) is 22.6 Å². The van der Waals surface area contributed by atoms with Crippen molar-refractivity contribution in [3.8, 4) is 0 Å². The van der Waals surface area contributed by atoms with E-state index < -0.39 is 3.79 Å². The Morgan fingerprint density at radius 1 is 0.727 bits per heavy atom. The molecule has 0 bridgehead atoms. The van der Waals surface area contributed by atoms with Crippen molar-refractivity contribution >= 4 is 45.6 Å². The van der Waals surface area contributed by atoms with Crippen molar-refractivity contribution < 1.29 is 4.39 Å². The first-order valence-corrected chi connectivity index (χ1v) is 7.79. The van der Waals surface area contributed by atoms with E-state index in [1.54, 1.807) is 18.2 Å². The summed E-state index contributed by atoms with van der Waals surface area (Å²) in [6, 6.07) is 19.6. The smallest absolute Gasteiger partial charge is 0.205 e. The van der Waals surface area contributed by atoms with Crippen LogP contribution in [0.4, 0.5) is 4.39 Å². The zero-order valence-corrected chi connectivity index (χ0v) is 13.6. The van der Waals surface area contributed by atoms with Gasteiger partial charge in [-0.2, -0.15) is 0 Å². The predicted molar refractivity (Wildman–Crippen MR) is 92.1 cm³/mol. The van der Waals surface area contributed by atoms with Gasteiger partial charge in [0.15, 0.2) is 0 Å². The SMILES string of the molecule is Fc1ccc([C](c2ccccc2)C(Cl)(Cl)Cl)c2ccccc12. The number of alkyl halides is 3. The molecule has 3 aromatic carbocycles. The maximum atomic E-state index is 14.0. The summed E-state index contributed by atoms with van der Waals surface area (Å²) in [5.41, 5.74) is 1.50. The molecule has 0 aromatic heterocycles. The van der Waals surface area contributed by atoms with E-state index in [0.29, 0.717) is 22.3 Å². The lowest BCUT2D eigenvalue weighted by Crippen LogP contribution is -2.20. The summed E-state index contributed by atoms with van der Waals surface area (Å²) in [7, 11) is 0. The van der Waals surface area contributed by atoms with Gasteiger partial charge in [0.25, 0.3) is 0 Å². The molecule has 0 fully saturated rings. The highest BCUT2D eigenvalue weighted by atomic mass is 35.6. The van der Waals surface area contributed by atoms with E-state index in [4.69, 9.17) is 34.8 Å². The van der Waals surface area contributed by atoms with Crippen molar-refractivity contribution in [2.24, 2.45) is 0 Å². The molecular formula is C18H11Cl3F. The van der Waals surface area contributed by atoms with Crippen LogP contribution in [-0.4, -0.2) is 3.79 Å². The number of fused-ring (bicyclic) bond motifs is 1. The number of hydrogen-bond acceptors (Lipinski definition) is 0. The Balaban J connectivity index is 2.28. The third-order valence-corrected chi connectivity index (χ3v) is 4.05. The van der Waals surface area contributed by atoms with Crippen molar-refractivity contribution in [2.75, 3.05) is 0 Å². The number of rotatable bonds is 2. The lowest BCUT2D eigenvalue weighted by Gasteiger charge is -2.26. The van der Waals surface area contributed by atoms with Crippen LogP contribution < -0.4 is 0 Å². The topological polar surface area (TPSA) is 0 Å². The van der Waals surface area contributed by atoms with Crippen LogP contribution in [0.3, 0.4) is 0 Å². The zero-order valence-electron chi connectivity index (χ0n) is 11.4. The van der Waals surface area contributed by atoms with E-state index in [9.17, 15) is 4.39 Å². The molecule has 3 aromatic rings. The fourth-order valence-corrected chi connectivity index (χ4v) is 3.19. The summed E-state index contributed by atoms with van der Waals surface area (Å²) in [6.07, 6.45) is 0. The molecule has 3 rings (SSSR count). The van der Waals surface area contributed by atoms with Gasteiger partial charge in [-0.3, -0.25) is 0 Å². The maximum Gasteiger partial charge on any atom is 0.205 e. The van der Waals surface area contributed by atoms with Gasteiger partial charge in [0.2, 0.25) is 3.79 Å². The highest BCUT2D eigenvalue weighted by Crippen LogP contribution is 2.46. The second-order valence-corrected chi connectivity index (χ2v) is 7.16. The molecule has 0 aliphatic heterocycles. The minimum Gasteiger partial charge on any atom is -0.206 e. The third-order valence-electron chi connectivity index (χ3n) is 3.49. The summed E-state index contributed by atoms with van der Waals surface area (Å²) < 4.78 is 12.4. The quantitative estimate of drug-likeness (QED) is 0.473. The molecule has 0 aliphatic rings. The Kier molecular flexibility index (Phi) is 4.31. The second-order valence-electron chi connectivity index (χ2n) is 4.88. The van der Waals surface area contributed by atoms with E-state index in [1.807, 2.05) is 42.5 Å². The minimum absolute atomic E-state index is 0.295. The minimum atomic E-state index is -1.62. The highest BCUT2D eigenvalue weighted by molar-refractivity contribution is 6.69. The maximum absolute atomic E-state index is 14.0. The summed E-state index contributed by atoms with van der Waals surface area (Å²) in [5.74, 6) is 0.241. The summed E-state index contributed by atoms with van der Waals surface area (Å²) in [6.45, 7) is 0. The van der Waals surface area contributed by atoms with E-state index in [0.717, 1.165) is 5.56 Å². The van der Waals surface area contributed by atoms with E-state index in [2.05, 4.69) is 0 Å². The van der Waals surface area contributed by atoms with Gasteiger partial charge in [0.05, 0.1) is 5.92 Å². The lowest BCUT2D eigenvalue weighted by atomic mass is 9.88. The molecule has 0 saturated heterocycles. The largest absolute Gasteiger partial charge is 0.206 e. The zero-order chi connectivity index (χ0) is 15.7. The van der Waals surface area contributed by atoms with Crippen molar-refractivity contribution in [3.05, 3.63) is 89.6 Å². The van der Waals surface area contributed by atoms with Crippen LogP contribution in [0.1, 0.15) is 11.1 Å². The fourth-order valence-electron chi connectivity index (χ4n) is 2.56. The normalized spacial score (nSPS) is 12.0. The van der Waals surface area contributed by atoms with Crippen LogP contribution in [0.2, 0.25) is 0 Å². The van der Waals surface area contributed by atoms with Gasteiger partial charge in [0.1, 0.15) is 5.82 Å². The number of benzene rings is 3.